The van der Waals surface area contributed by atoms with E-state index in [1.807, 2.05) is 0 Å². The van der Waals surface area contributed by atoms with Crippen molar-refractivity contribution in [2.45, 2.75) is 52.2 Å². The molecule has 10 nitrogen and oxygen atoms in total. The van der Waals surface area contributed by atoms with Gasteiger partial charge in [0.15, 0.2) is 5.78 Å². The van der Waals surface area contributed by atoms with E-state index in [2.05, 4.69) is 32.3 Å². The van der Waals surface area contributed by atoms with Crippen LogP contribution in [0.2, 0.25) is 0 Å². The van der Waals surface area contributed by atoms with Crippen molar-refractivity contribution >= 4 is 28.5 Å². The first-order chi connectivity index (χ1) is 15.7. The number of likely N-dealkylation sites (N-methyl/N-ethyl adjacent to an activating group) is 1. The number of Topliss-reactive ketones (excluding diaryl/α,β-unsaturated/α-hetero) is 1. The largest absolute Gasteiger partial charge is 0.357 e. The van der Waals surface area contributed by atoms with E-state index in [0.29, 0.717) is 28.8 Å². The number of pyridine rings is 1. The van der Waals surface area contributed by atoms with E-state index < -0.39 is 6.04 Å². The summed E-state index contributed by atoms with van der Waals surface area (Å²) >= 11 is 0. The van der Waals surface area contributed by atoms with E-state index in [-0.39, 0.29) is 41.3 Å². The average Bonchev–Trinajstić information content (AvgIpc) is 3.16. The minimum absolute atomic E-state index is 0.00384. The Hall–Kier alpha value is -3.69. The maximum Gasteiger partial charge on any atom is 0.245 e. The molecule has 0 unspecified atom stereocenters. The zero-order chi connectivity index (χ0) is 23.5. The molecule has 1 aliphatic carbocycles. The van der Waals surface area contributed by atoms with Gasteiger partial charge in [0, 0.05) is 43.4 Å². The quantitative estimate of drug-likeness (QED) is 0.588. The topological polar surface area (TPSA) is 123 Å². The van der Waals surface area contributed by atoms with Gasteiger partial charge in [0.05, 0.1) is 17.4 Å². The average molecular weight is 447 g/mol. The molecule has 0 radical (unpaired) electrons. The number of aryl methyl sites for hydroxylation is 1. The Morgan fingerprint density at radius 1 is 1.15 bits per heavy atom. The number of ketones is 1. The van der Waals surface area contributed by atoms with Gasteiger partial charge in [-0.1, -0.05) is 6.92 Å². The lowest BCUT2D eigenvalue weighted by Crippen LogP contribution is -2.48. The highest BCUT2D eigenvalue weighted by Crippen LogP contribution is 2.59. The standard InChI is InChI=1S/C23H25N7O3/c1-12(31)21-15-5-16(14-8-25-13(2)26-9-14)27-10-18(15)29(28-21)11-20(32)30-17(22(33)24-4)6-23(3)7-19(23)30/h5,8-10,17,19H,6-7,11H2,1-4H3,(H,24,33)/t17-,19+,23-/m0/s1. The highest BCUT2D eigenvalue weighted by atomic mass is 16.2. The van der Waals surface area contributed by atoms with Crippen molar-refractivity contribution < 1.29 is 14.4 Å². The number of piperidine rings is 1. The highest BCUT2D eigenvalue weighted by molar-refractivity contribution is 6.05. The SMILES string of the molecule is CNC(=O)[C@@H]1C[C@@]2(C)C[C@H]2N1C(=O)Cn1nc(C(C)=O)c2cc(-c3cnc(C)nc3)ncc21. The number of aromatic nitrogens is 5. The van der Waals surface area contributed by atoms with E-state index in [1.165, 1.54) is 11.6 Å². The van der Waals surface area contributed by atoms with Gasteiger partial charge < -0.3 is 10.2 Å². The van der Waals surface area contributed by atoms with Gasteiger partial charge in [-0.15, -0.1) is 0 Å². The molecule has 1 aliphatic heterocycles. The lowest BCUT2D eigenvalue weighted by atomic mass is 10.0. The van der Waals surface area contributed by atoms with E-state index in [0.717, 1.165) is 12.0 Å². The van der Waals surface area contributed by atoms with Gasteiger partial charge in [-0.3, -0.25) is 24.0 Å². The number of nitrogens with zero attached hydrogens (tertiary/aromatic N) is 6. The Kier molecular flexibility index (Phi) is 4.77. The number of rotatable bonds is 5. The fraction of sp³-hybridized carbons (Fsp3) is 0.435. The van der Waals surface area contributed by atoms with Crippen LogP contribution in [0.1, 0.15) is 43.0 Å². The highest BCUT2D eigenvalue weighted by Gasteiger charge is 2.64. The summed E-state index contributed by atoms with van der Waals surface area (Å²) in [6.45, 7) is 5.28. The third-order valence-electron chi connectivity index (χ3n) is 6.80. The summed E-state index contributed by atoms with van der Waals surface area (Å²) in [7, 11) is 1.58. The molecular formula is C23H25N7O3. The van der Waals surface area contributed by atoms with Crippen LogP contribution in [-0.4, -0.2) is 66.4 Å². The summed E-state index contributed by atoms with van der Waals surface area (Å²) in [5, 5.41) is 7.72. The molecule has 0 spiro atoms. The van der Waals surface area contributed by atoms with E-state index in [9.17, 15) is 14.4 Å². The third kappa shape index (κ3) is 3.46. The molecule has 2 amide bonds. The number of fused-ring (bicyclic) bond motifs is 2. The first-order valence-electron chi connectivity index (χ1n) is 10.9. The first kappa shape index (κ1) is 21.2. The maximum atomic E-state index is 13.3. The van der Waals surface area contributed by atoms with E-state index in [4.69, 9.17) is 0 Å². The van der Waals surface area contributed by atoms with Crippen molar-refractivity contribution in [1.82, 2.24) is 34.9 Å². The molecule has 1 saturated carbocycles. The van der Waals surface area contributed by atoms with E-state index in [1.54, 1.807) is 43.5 Å². The van der Waals surface area contributed by atoms with Crippen molar-refractivity contribution in [2.24, 2.45) is 5.41 Å². The molecule has 2 aliphatic rings. The Morgan fingerprint density at radius 3 is 2.55 bits per heavy atom. The van der Waals surface area contributed by atoms with Crippen molar-refractivity contribution in [3.8, 4) is 11.3 Å². The van der Waals surface area contributed by atoms with Crippen molar-refractivity contribution in [2.75, 3.05) is 7.05 Å². The monoisotopic (exact) mass is 447 g/mol. The van der Waals surface area contributed by atoms with Gasteiger partial charge in [0.2, 0.25) is 11.8 Å². The van der Waals surface area contributed by atoms with E-state index >= 15 is 0 Å². The smallest absolute Gasteiger partial charge is 0.245 e. The van der Waals surface area contributed by atoms with Crippen LogP contribution in [0, 0.1) is 12.3 Å². The summed E-state index contributed by atoms with van der Waals surface area (Å²) in [6, 6.07) is 1.36. The lowest BCUT2D eigenvalue weighted by Gasteiger charge is -2.26. The molecule has 3 atom stereocenters. The second-order valence-electron chi connectivity index (χ2n) is 9.18. The molecule has 10 heteroatoms. The summed E-state index contributed by atoms with van der Waals surface area (Å²) in [5.74, 6) is 0.102. The Balaban J connectivity index is 1.49. The number of amides is 2. The third-order valence-corrected chi connectivity index (χ3v) is 6.80. The maximum absolute atomic E-state index is 13.3. The fourth-order valence-corrected chi connectivity index (χ4v) is 4.87. The molecule has 4 heterocycles. The van der Waals surface area contributed by atoms with Gasteiger partial charge in [-0.25, -0.2) is 9.97 Å². The van der Waals surface area contributed by atoms with Crippen LogP contribution in [0.5, 0.6) is 0 Å². The lowest BCUT2D eigenvalue weighted by molar-refractivity contribution is -0.140. The summed E-state index contributed by atoms with van der Waals surface area (Å²) in [4.78, 5) is 52.7. The second kappa shape index (κ2) is 7.43. The molecule has 0 bridgehead atoms. The first-order valence-corrected chi connectivity index (χ1v) is 10.9. The number of hydrogen-bond acceptors (Lipinski definition) is 7. The van der Waals surface area contributed by atoms with Gasteiger partial charge in [0.25, 0.3) is 0 Å². The number of nitrogens with one attached hydrogen (secondary N) is 1. The summed E-state index contributed by atoms with van der Waals surface area (Å²) in [5.41, 5.74) is 2.19. The molecule has 1 saturated heterocycles. The minimum Gasteiger partial charge on any atom is -0.357 e. The fourth-order valence-electron chi connectivity index (χ4n) is 4.87. The van der Waals surface area contributed by atoms with Crippen LogP contribution < -0.4 is 5.32 Å². The number of carbonyl (C=O) groups excluding carboxylic acids is 3. The number of likely N-dealkylation sites (tertiary alicyclic amines) is 1. The molecule has 1 N–H and O–H groups in total. The Morgan fingerprint density at radius 2 is 1.88 bits per heavy atom. The van der Waals surface area contributed by atoms with Crippen LogP contribution in [-0.2, 0) is 16.1 Å². The van der Waals surface area contributed by atoms with Crippen molar-refractivity contribution in [1.29, 1.82) is 0 Å². The summed E-state index contributed by atoms with van der Waals surface area (Å²) in [6.07, 6.45) is 6.52. The number of hydrogen-bond donors (Lipinski definition) is 1. The van der Waals surface area contributed by atoms with Crippen LogP contribution >= 0.6 is 0 Å². The summed E-state index contributed by atoms with van der Waals surface area (Å²) < 4.78 is 1.51. The zero-order valence-electron chi connectivity index (χ0n) is 19.0. The van der Waals surface area contributed by atoms with Gasteiger partial charge in [-0.05, 0) is 31.2 Å². The molecular weight excluding hydrogens is 422 g/mol. The molecule has 2 fully saturated rings. The predicted molar refractivity (Wildman–Crippen MR) is 119 cm³/mol. The molecule has 33 heavy (non-hydrogen) atoms. The van der Waals surface area contributed by atoms with Gasteiger partial charge in [0.1, 0.15) is 24.1 Å². The second-order valence-corrected chi connectivity index (χ2v) is 9.18. The molecule has 3 aromatic heterocycles. The van der Waals surface area contributed by atoms with Gasteiger partial charge >= 0.3 is 0 Å². The van der Waals surface area contributed by atoms with Crippen molar-refractivity contribution in [3.05, 3.63) is 36.2 Å². The predicted octanol–water partition coefficient (Wildman–Crippen LogP) is 1.52. The zero-order valence-corrected chi connectivity index (χ0v) is 19.0. The Bertz CT molecular complexity index is 1300. The Labute approximate surface area is 190 Å². The molecule has 3 aromatic rings. The van der Waals surface area contributed by atoms with Crippen LogP contribution in [0.15, 0.2) is 24.7 Å². The van der Waals surface area contributed by atoms with Crippen LogP contribution in [0.3, 0.4) is 0 Å². The van der Waals surface area contributed by atoms with Gasteiger partial charge in [-0.2, -0.15) is 5.10 Å². The normalized spacial score (nSPS) is 23.5. The van der Waals surface area contributed by atoms with Crippen LogP contribution in [0.4, 0.5) is 0 Å². The molecule has 5 rings (SSSR count). The number of carbonyl (C=O) groups is 3. The van der Waals surface area contributed by atoms with Crippen LogP contribution in [0.25, 0.3) is 22.2 Å². The molecule has 0 aromatic carbocycles. The minimum atomic E-state index is -0.480. The van der Waals surface area contributed by atoms with Crippen molar-refractivity contribution in [3.63, 3.8) is 0 Å². The molecule has 170 valence electrons.